The van der Waals surface area contributed by atoms with Gasteiger partial charge >= 0.3 is 12.2 Å². The molecule has 1 unspecified atom stereocenters. The number of urea groups is 1. The number of anilines is 1. The molecule has 96 valence electrons. The molecule has 0 aliphatic rings. The van der Waals surface area contributed by atoms with Crippen molar-refractivity contribution in [2.24, 2.45) is 0 Å². The average Bonchev–Trinajstić information content (AvgIpc) is 2.62. The minimum Gasteiger partial charge on any atom is -0.387 e. The maximum absolute atomic E-state index is 11.8. The first-order valence-corrected chi connectivity index (χ1v) is 5.41. The summed E-state index contributed by atoms with van der Waals surface area (Å²) in [5, 5.41) is 14.6. The molecule has 0 aliphatic carbocycles. The molecule has 17 heavy (non-hydrogen) atoms. The molecule has 0 radical (unpaired) electrons. The minimum absolute atomic E-state index is 0.126. The summed E-state index contributed by atoms with van der Waals surface area (Å²) in [6.07, 6.45) is -5.25. The smallest absolute Gasteiger partial charge is 0.387 e. The number of rotatable bonds is 3. The van der Waals surface area contributed by atoms with Gasteiger partial charge in [0.1, 0.15) is 6.54 Å². The van der Waals surface area contributed by atoms with Gasteiger partial charge in [-0.25, -0.2) is 9.78 Å². The standard InChI is InChI=1S/C8H10F3N3O2S/c1-4(15)5-2-17-7(13-5)14-6(16)12-3-8(9,10)11/h2,4,15H,3H2,1H3,(H2,12,13,14,16). The summed E-state index contributed by atoms with van der Waals surface area (Å²) in [6.45, 7) is 0.0794. The van der Waals surface area contributed by atoms with E-state index in [1.165, 1.54) is 12.3 Å². The van der Waals surface area contributed by atoms with E-state index in [0.29, 0.717) is 5.69 Å². The van der Waals surface area contributed by atoms with E-state index in [1.54, 1.807) is 5.32 Å². The summed E-state index contributed by atoms with van der Waals surface area (Å²) in [6, 6.07) is -0.992. The van der Waals surface area contributed by atoms with Crippen LogP contribution in [0.25, 0.3) is 0 Å². The summed E-state index contributed by atoms with van der Waals surface area (Å²) in [7, 11) is 0. The number of thiazole rings is 1. The number of aliphatic hydroxyl groups is 1. The molecule has 1 aromatic heterocycles. The van der Waals surface area contributed by atoms with Crippen molar-refractivity contribution in [3.63, 3.8) is 0 Å². The SMILES string of the molecule is CC(O)c1csc(NC(=O)NCC(F)(F)F)n1. The molecule has 0 fully saturated rings. The fourth-order valence-electron chi connectivity index (χ4n) is 0.857. The van der Waals surface area contributed by atoms with Crippen molar-refractivity contribution in [3.05, 3.63) is 11.1 Å². The number of carbonyl (C=O) groups excluding carboxylic acids is 1. The topological polar surface area (TPSA) is 74.2 Å². The second kappa shape index (κ2) is 5.32. The fraction of sp³-hybridized carbons (Fsp3) is 0.500. The summed E-state index contributed by atoms with van der Waals surface area (Å²) in [5.41, 5.74) is 0.348. The maximum atomic E-state index is 11.8. The molecule has 1 atom stereocenters. The lowest BCUT2D eigenvalue weighted by Crippen LogP contribution is -2.36. The fourth-order valence-corrected chi connectivity index (χ4v) is 1.65. The molecule has 0 bridgehead atoms. The summed E-state index contributed by atoms with van der Waals surface area (Å²) in [4.78, 5) is 14.8. The molecule has 0 aromatic carbocycles. The molecule has 3 N–H and O–H groups in total. The molecule has 5 nitrogen and oxygen atoms in total. The first-order valence-electron chi connectivity index (χ1n) is 4.53. The van der Waals surface area contributed by atoms with Gasteiger partial charge in [0.25, 0.3) is 0 Å². The highest BCUT2D eigenvalue weighted by Gasteiger charge is 2.27. The van der Waals surface area contributed by atoms with Crippen LogP contribution in [0.2, 0.25) is 0 Å². The number of nitrogens with zero attached hydrogens (tertiary/aromatic N) is 1. The first kappa shape index (κ1) is 13.7. The minimum atomic E-state index is -4.45. The van der Waals surface area contributed by atoms with Gasteiger partial charge in [-0.05, 0) is 6.92 Å². The number of hydrogen-bond acceptors (Lipinski definition) is 4. The van der Waals surface area contributed by atoms with Crippen molar-refractivity contribution in [1.29, 1.82) is 0 Å². The molecule has 1 heterocycles. The van der Waals surface area contributed by atoms with E-state index in [-0.39, 0.29) is 5.13 Å². The average molecular weight is 269 g/mol. The second-order valence-electron chi connectivity index (χ2n) is 3.18. The number of halogens is 3. The highest BCUT2D eigenvalue weighted by Crippen LogP contribution is 2.20. The van der Waals surface area contributed by atoms with E-state index in [9.17, 15) is 18.0 Å². The van der Waals surface area contributed by atoms with Crippen LogP contribution in [0.3, 0.4) is 0 Å². The number of alkyl halides is 3. The van der Waals surface area contributed by atoms with Crippen LogP contribution in [0, 0.1) is 0 Å². The monoisotopic (exact) mass is 269 g/mol. The van der Waals surface area contributed by atoms with Gasteiger partial charge in [-0.2, -0.15) is 13.2 Å². The lowest BCUT2D eigenvalue weighted by Gasteiger charge is -2.07. The van der Waals surface area contributed by atoms with Crippen LogP contribution in [0.4, 0.5) is 23.1 Å². The predicted octanol–water partition coefficient (Wildman–Crippen LogP) is 1.88. The van der Waals surface area contributed by atoms with Gasteiger partial charge in [-0.15, -0.1) is 11.3 Å². The van der Waals surface area contributed by atoms with Crippen LogP contribution in [0.5, 0.6) is 0 Å². The summed E-state index contributed by atoms with van der Waals surface area (Å²) >= 11 is 1.02. The van der Waals surface area contributed by atoms with Gasteiger partial charge in [0.15, 0.2) is 5.13 Å². The number of hydrogen-bond donors (Lipinski definition) is 3. The van der Waals surface area contributed by atoms with Crippen molar-refractivity contribution in [2.75, 3.05) is 11.9 Å². The number of aromatic nitrogens is 1. The maximum Gasteiger partial charge on any atom is 0.405 e. The zero-order valence-corrected chi connectivity index (χ0v) is 9.52. The number of nitrogens with one attached hydrogen (secondary N) is 2. The molecule has 2 amide bonds. The van der Waals surface area contributed by atoms with Gasteiger partial charge in [0.05, 0.1) is 11.8 Å². The Morgan fingerprint density at radius 3 is 2.76 bits per heavy atom. The van der Waals surface area contributed by atoms with Gasteiger partial charge < -0.3 is 10.4 Å². The van der Waals surface area contributed by atoms with Crippen LogP contribution in [0.1, 0.15) is 18.7 Å². The van der Waals surface area contributed by atoms with Crippen LogP contribution < -0.4 is 10.6 Å². The Hall–Kier alpha value is -1.35. The zero-order chi connectivity index (χ0) is 13.1. The Labute approximate surface area is 98.7 Å². The van der Waals surface area contributed by atoms with Gasteiger partial charge in [-0.1, -0.05) is 0 Å². The van der Waals surface area contributed by atoms with E-state index < -0.39 is 24.9 Å². The van der Waals surface area contributed by atoms with E-state index in [0.717, 1.165) is 11.3 Å². The largest absolute Gasteiger partial charge is 0.405 e. The molecular weight excluding hydrogens is 259 g/mol. The number of amides is 2. The predicted molar refractivity (Wildman–Crippen MR) is 55.8 cm³/mol. The van der Waals surface area contributed by atoms with Crippen molar-refractivity contribution in [3.8, 4) is 0 Å². The highest BCUT2D eigenvalue weighted by molar-refractivity contribution is 7.13. The van der Waals surface area contributed by atoms with Crippen LogP contribution in [-0.2, 0) is 0 Å². The van der Waals surface area contributed by atoms with Gasteiger partial charge in [0, 0.05) is 5.38 Å². The lowest BCUT2D eigenvalue weighted by atomic mass is 10.3. The third kappa shape index (κ3) is 5.00. The third-order valence-corrected chi connectivity index (χ3v) is 2.40. The van der Waals surface area contributed by atoms with Crippen LogP contribution >= 0.6 is 11.3 Å². The Balaban J connectivity index is 2.45. The third-order valence-electron chi connectivity index (χ3n) is 1.62. The van der Waals surface area contributed by atoms with Crippen molar-refractivity contribution >= 4 is 22.5 Å². The van der Waals surface area contributed by atoms with Gasteiger partial charge in [0.2, 0.25) is 0 Å². The van der Waals surface area contributed by atoms with Crippen molar-refractivity contribution in [1.82, 2.24) is 10.3 Å². The lowest BCUT2D eigenvalue weighted by molar-refractivity contribution is -0.122. The quantitative estimate of drug-likeness (QED) is 0.784. The van der Waals surface area contributed by atoms with Gasteiger partial charge in [-0.3, -0.25) is 5.32 Å². The number of carbonyl (C=O) groups is 1. The molecule has 0 saturated heterocycles. The van der Waals surface area contributed by atoms with Crippen molar-refractivity contribution < 1.29 is 23.1 Å². The van der Waals surface area contributed by atoms with E-state index >= 15 is 0 Å². The summed E-state index contributed by atoms with van der Waals surface area (Å²) < 4.78 is 35.3. The normalized spacial score (nSPS) is 13.2. The molecule has 9 heteroatoms. The summed E-state index contributed by atoms with van der Waals surface area (Å²) in [5.74, 6) is 0. The van der Waals surface area contributed by atoms with Crippen LogP contribution in [0.15, 0.2) is 5.38 Å². The van der Waals surface area contributed by atoms with E-state index in [4.69, 9.17) is 5.11 Å². The molecule has 1 aromatic rings. The molecular formula is C8H10F3N3O2S. The Bertz CT molecular complexity index is 392. The number of aliphatic hydroxyl groups excluding tert-OH is 1. The Morgan fingerprint density at radius 2 is 2.29 bits per heavy atom. The highest BCUT2D eigenvalue weighted by atomic mass is 32.1. The Morgan fingerprint density at radius 1 is 1.65 bits per heavy atom. The van der Waals surface area contributed by atoms with Crippen LogP contribution in [-0.4, -0.2) is 28.8 Å². The first-order chi connectivity index (χ1) is 7.78. The molecule has 1 rings (SSSR count). The van der Waals surface area contributed by atoms with Crippen molar-refractivity contribution in [2.45, 2.75) is 19.2 Å². The van der Waals surface area contributed by atoms with E-state index in [1.807, 2.05) is 0 Å². The molecule has 0 spiro atoms. The Kier molecular flexibility index (Phi) is 4.29. The molecule has 0 aliphatic heterocycles. The molecule has 0 saturated carbocycles. The van der Waals surface area contributed by atoms with E-state index in [2.05, 4.69) is 10.3 Å². The second-order valence-corrected chi connectivity index (χ2v) is 4.03. The zero-order valence-electron chi connectivity index (χ0n) is 8.71.